The van der Waals surface area contributed by atoms with Gasteiger partial charge in [-0.25, -0.2) is 4.98 Å². The van der Waals surface area contributed by atoms with Crippen LogP contribution in [0.3, 0.4) is 0 Å². The molecular formula is C16H23N3S. The van der Waals surface area contributed by atoms with Gasteiger partial charge >= 0.3 is 0 Å². The van der Waals surface area contributed by atoms with Crippen molar-refractivity contribution < 1.29 is 0 Å². The summed E-state index contributed by atoms with van der Waals surface area (Å²) in [7, 11) is 0. The SMILES string of the molecule is Cc1ccnc(N2CCC[C@H]3CCCC[C@H]32)c1C(N)=S. The van der Waals surface area contributed by atoms with E-state index >= 15 is 0 Å². The van der Waals surface area contributed by atoms with Crippen LogP contribution < -0.4 is 10.6 Å². The number of aryl methyl sites for hydroxylation is 1. The van der Waals surface area contributed by atoms with Crippen LogP contribution in [0.1, 0.15) is 49.7 Å². The van der Waals surface area contributed by atoms with Gasteiger partial charge in [0.1, 0.15) is 10.8 Å². The van der Waals surface area contributed by atoms with E-state index < -0.39 is 0 Å². The molecule has 108 valence electrons. The third-order valence-electron chi connectivity index (χ3n) is 4.90. The molecule has 1 aliphatic heterocycles. The van der Waals surface area contributed by atoms with E-state index in [-0.39, 0.29) is 0 Å². The summed E-state index contributed by atoms with van der Waals surface area (Å²) in [6, 6.07) is 2.64. The highest BCUT2D eigenvalue weighted by atomic mass is 32.1. The van der Waals surface area contributed by atoms with Crippen molar-refractivity contribution in [3.05, 3.63) is 23.4 Å². The largest absolute Gasteiger partial charge is 0.389 e. The first-order valence-corrected chi connectivity index (χ1v) is 8.11. The van der Waals surface area contributed by atoms with Crippen molar-refractivity contribution in [2.45, 2.75) is 51.5 Å². The molecule has 0 radical (unpaired) electrons. The van der Waals surface area contributed by atoms with E-state index in [9.17, 15) is 0 Å². The van der Waals surface area contributed by atoms with Crippen LogP contribution in [0.5, 0.6) is 0 Å². The molecule has 0 unspecified atom stereocenters. The van der Waals surface area contributed by atoms with Crippen molar-refractivity contribution in [1.29, 1.82) is 0 Å². The molecule has 1 aliphatic carbocycles. The number of fused-ring (bicyclic) bond motifs is 1. The average molecular weight is 289 g/mol. The van der Waals surface area contributed by atoms with Crippen molar-refractivity contribution in [2.24, 2.45) is 11.7 Å². The van der Waals surface area contributed by atoms with Gasteiger partial charge in [0.15, 0.2) is 0 Å². The first-order chi connectivity index (χ1) is 9.68. The van der Waals surface area contributed by atoms with Crippen molar-refractivity contribution in [2.75, 3.05) is 11.4 Å². The Morgan fingerprint density at radius 3 is 2.85 bits per heavy atom. The van der Waals surface area contributed by atoms with Gasteiger partial charge in [-0.3, -0.25) is 0 Å². The van der Waals surface area contributed by atoms with Crippen molar-refractivity contribution in [3.8, 4) is 0 Å². The number of piperidine rings is 1. The Hall–Kier alpha value is -1.16. The van der Waals surface area contributed by atoms with Gasteiger partial charge in [-0.1, -0.05) is 25.1 Å². The number of hydrogen-bond donors (Lipinski definition) is 1. The quantitative estimate of drug-likeness (QED) is 0.849. The van der Waals surface area contributed by atoms with Crippen molar-refractivity contribution in [1.82, 2.24) is 4.98 Å². The Morgan fingerprint density at radius 2 is 2.05 bits per heavy atom. The molecule has 0 amide bonds. The average Bonchev–Trinajstić information content (AvgIpc) is 2.46. The lowest BCUT2D eigenvalue weighted by molar-refractivity contribution is 0.242. The third kappa shape index (κ3) is 2.41. The van der Waals surface area contributed by atoms with Gasteiger partial charge in [-0.05, 0) is 50.2 Å². The van der Waals surface area contributed by atoms with Crippen LogP contribution >= 0.6 is 12.2 Å². The van der Waals surface area contributed by atoms with Crippen molar-refractivity contribution >= 4 is 23.0 Å². The monoisotopic (exact) mass is 289 g/mol. The Balaban J connectivity index is 1.99. The summed E-state index contributed by atoms with van der Waals surface area (Å²) in [6.45, 7) is 3.16. The van der Waals surface area contributed by atoms with Crippen LogP contribution in [0.2, 0.25) is 0 Å². The zero-order valence-electron chi connectivity index (χ0n) is 12.1. The molecule has 2 atom stereocenters. The molecular weight excluding hydrogens is 266 g/mol. The number of pyridine rings is 1. The summed E-state index contributed by atoms with van der Waals surface area (Å²) in [4.78, 5) is 7.60. The van der Waals surface area contributed by atoms with Gasteiger partial charge in [0, 0.05) is 18.8 Å². The summed E-state index contributed by atoms with van der Waals surface area (Å²) >= 11 is 5.26. The Labute approximate surface area is 126 Å². The van der Waals surface area contributed by atoms with E-state index in [1.54, 1.807) is 0 Å². The minimum atomic E-state index is 0.475. The second kappa shape index (κ2) is 5.68. The lowest BCUT2D eigenvalue weighted by Gasteiger charge is -2.45. The minimum absolute atomic E-state index is 0.475. The van der Waals surface area contributed by atoms with Gasteiger partial charge in [0.25, 0.3) is 0 Å². The van der Waals surface area contributed by atoms with Crippen LogP contribution in [-0.2, 0) is 0 Å². The lowest BCUT2D eigenvalue weighted by atomic mass is 9.78. The summed E-state index contributed by atoms with van der Waals surface area (Å²) in [5.41, 5.74) is 8.07. The highest BCUT2D eigenvalue weighted by Gasteiger charge is 2.35. The standard InChI is InChI=1S/C16H23N3S/c1-11-8-9-18-16(14(11)15(17)20)19-10-4-6-12-5-2-3-7-13(12)19/h8-9,12-13H,2-7,10H2,1H3,(H2,17,20)/t12-,13-/m1/s1. The number of thiocarbonyl (C=S) groups is 1. The smallest absolute Gasteiger partial charge is 0.139 e. The fourth-order valence-electron chi connectivity index (χ4n) is 3.95. The highest BCUT2D eigenvalue weighted by molar-refractivity contribution is 7.80. The van der Waals surface area contributed by atoms with Gasteiger partial charge in [0.2, 0.25) is 0 Å². The van der Waals surface area contributed by atoms with E-state index in [4.69, 9.17) is 18.0 Å². The lowest BCUT2D eigenvalue weighted by Crippen LogP contribution is -2.48. The molecule has 0 aromatic carbocycles. The van der Waals surface area contributed by atoms with E-state index in [0.717, 1.165) is 29.4 Å². The maximum absolute atomic E-state index is 5.95. The van der Waals surface area contributed by atoms with Gasteiger partial charge in [-0.15, -0.1) is 0 Å². The highest BCUT2D eigenvalue weighted by Crippen LogP contribution is 2.38. The first-order valence-electron chi connectivity index (χ1n) is 7.70. The predicted molar refractivity (Wildman–Crippen MR) is 87.2 cm³/mol. The summed E-state index contributed by atoms with van der Waals surface area (Å²) in [6.07, 6.45) is 9.90. The molecule has 4 heteroatoms. The number of hydrogen-bond acceptors (Lipinski definition) is 3. The van der Waals surface area contributed by atoms with E-state index in [0.29, 0.717) is 11.0 Å². The molecule has 2 heterocycles. The zero-order chi connectivity index (χ0) is 14.1. The Morgan fingerprint density at radius 1 is 1.30 bits per heavy atom. The normalized spacial score (nSPS) is 26.1. The first kappa shape index (κ1) is 13.8. The summed E-state index contributed by atoms with van der Waals surface area (Å²) in [5.74, 6) is 1.85. The van der Waals surface area contributed by atoms with Gasteiger partial charge in [-0.2, -0.15) is 0 Å². The third-order valence-corrected chi connectivity index (χ3v) is 5.11. The number of aromatic nitrogens is 1. The Kier molecular flexibility index (Phi) is 3.92. The molecule has 2 fully saturated rings. The van der Waals surface area contributed by atoms with Crippen LogP contribution in [0.15, 0.2) is 12.3 Å². The number of rotatable bonds is 2. The minimum Gasteiger partial charge on any atom is -0.389 e. The predicted octanol–water partition coefficient (Wildman–Crippen LogP) is 3.18. The topological polar surface area (TPSA) is 42.2 Å². The zero-order valence-corrected chi connectivity index (χ0v) is 13.0. The molecule has 2 N–H and O–H groups in total. The fourth-order valence-corrected chi connectivity index (χ4v) is 4.21. The molecule has 1 saturated carbocycles. The maximum Gasteiger partial charge on any atom is 0.139 e. The molecule has 20 heavy (non-hydrogen) atoms. The molecule has 0 bridgehead atoms. The van der Waals surface area contributed by atoms with E-state index in [1.165, 1.54) is 38.5 Å². The molecule has 3 nitrogen and oxygen atoms in total. The molecule has 2 aliphatic rings. The Bertz CT molecular complexity index is 512. The van der Waals surface area contributed by atoms with E-state index in [2.05, 4.69) is 16.8 Å². The molecule has 0 spiro atoms. The van der Waals surface area contributed by atoms with Crippen LogP contribution in [0.4, 0.5) is 5.82 Å². The molecule has 1 saturated heterocycles. The fraction of sp³-hybridized carbons (Fsp3) is 0.625. The van der Waals surface area contributed by atoms with Crippen LogP contribution in [-0.4, -0.2) is 22.6 Å². The number of anilines is 1. The van der Waals surface area contributed by atoms with Crippen LogP contribution in [0, 0.1) is 12.8 Å². The van der Waals surface area contributed by atoms with E-state index in [1.807, 2.05) is 12.3 Å². The maximum atomic E-state index is 5.95. The molecule has 1 aromatic rings. The molecule has 3 rings (SSSR count). The van der Waals surface area contributed by atoms with Gasteiger partial charge < -0.3 is 10.6 Å². The van der Waals surface area contributed by atoms with Crippen molar-refractivity contribution in [3.63, 3.8) is 0 Å². The second-order valence-electron chi connectivity index (χ2n) is 6.14. The summed E-state index contributed by atoms with van der Waals surface area (Å²) < 4.78 is 0. The number of nitrogens with zero attached hydrogens (tertiary/aromatic N) is 2. The molecule has 1 aromatic heterocycles. The van der Waals surface area contributed by atoms with Gasteiger partial charge in [0.05, 0.1) is 5.56 Å². The second-order valence-corrected chi connectivity index (χ2v) is 6.58. The van der Waals surface area contributed by atoms with Crippen LogP contribution in [0.25, 0.3) is 0 Å². The summed E-state index contributed by atoms with van der Waals surface area (Å²) in [5, 5.41) is 0. The number of nitrogens with two attached hydrogens (primary N) is 1.